The van der Waals surface area contributed by atoms with Gasteiger partial charge in [0.25, 0.3) is 5.52 Å². The highest BCUT2D eigenvalue weighted by molar-refractivity contribution is 7.98. The van der Waals surface area contributed by atoms with Gasteiger partial charge in [0.05, 0.1) is 16.5 Å². The molecule has 0 saturated carbocycles. The summed E-state index contributed by atoms with van der Waals surface area (Å²) >= 11 is 1.77. The second-order valence-electron chi connectivity index (χ2n) is 10.2. The summed E-state index contributed by atoms with van der Waals surface area (Å²) in [5, 5.41) is 6.11. The predicted octanol–water partition coefficient (Wildman–Crippen LogP) is 6.12. The highest BCUT2D eigenvalue weighted by Gasteiger charge is 2.25. The SMILES string of the molecule is CSc1ccc(/C=C/c2ccc3c(NCCN4CCN(C)CC4)c4oc5ccccc5c4[n+](C)c3c2)cc1. The Morgan fingerprint density at radius 3 is 2.45 bits per heavy atom. The molecule has 5 nitrogen and oxygen atoms in total. The molecule has 1 N–H and O–H groups in total. The number of pyridine rings is 1. The van der Waals surface area contributed by atoms with Gasteiger partial charge in [-0.25, -0.2) is 0 Å². The van der Waals surface area contributed by atoms with Crippen molar-refractivity contribution in [3.63, 3.8) is 0 Å². The summed E-state index contributed by atoms with van der Waals surface area (Å²) in [5.74, 6) is 0. The molecule has 3 aromatic carbocycles. The van der Waals surface area contributed by atoms with Gasteiger partial charge in [-0.05, 0) is 54.8 Å². The van der Waals surface area contributed by atoms with Crippen molar-refractivity contribution in [2.24, 2.45) is 7.05 Å². The number of furan rings is 1. The molecule has 1 aliphatic heterocycles. The van der Waals surface area contributed by atoms with E-state index < -0.39 is 0 Å². The predicted molar refractivity (Wildman–Crippen MR) is 162 cm³/mol. The monoisotopic (exact) mass is 523 g/mol. The van der Waals surface area contributed by atoms with E-state index in [0.717, 1.165) is 67.0 Å². The van der Waals surface area contributed by atoms with Crippen LogP contribution in [0.25, 0.3) is 45.1 Å². The van der Waals surface area contributed by atoms with E-state index in [9.17, 15) is 0 Å². The molecule has 38 heavy (non-hydrogen) atoms. The number of rotatable bonds is 7. The molecule has 0 spiro atoms. The van der Waals surface area contributed by atoms with Crippen LogP contribution in [0.2, 0.25) is 0 Å². The Labute approximate surface area is 228 Å². The van der Waals surface area contributed by atoms with E-state index >= 15 is 0 Å². The summed E-state index contributed by atoms with van der Waals surface area (Å²) in [6.45, 7) is 6.42. The molecule has 1 saturated heterocycles. The number of hydrogen-bond acceptors (Lipinski definition) is 5. The molecule has 3 heterocycles. The van der Waals surface area contributed by atoms with Gasteiger partial charge in [0.15, 0.2) is 0 Å². The van der Waals surface area contributed by atoms with Crippen LogP contribution in [0.4, 0.5) is 5.69 Å². The Balaban J connectivity index is 1.38. The maximum absolute atomic E-state index is 6.46. The van der Waals surface area contributed by atoms with E-state index in [1.807, 2.05) is 6.07 Å². The number of hydrogen-bond donors (Lipinski definition) is 1. The molecule has 194 valence electrons. The number of fused-ring (bicyclic) bond motifs is 4. The largest absolute Gasteiger partial charge is 0.447 e. The number of aryl methyl sites for hydroxylation is 1. The molecule has 0 radical (unpaired) electrons. The Hall–Kier alpha value is -3.32. The van der Waals surface area contributed by atoms with Crippen molar-refractivity contribution >= 4 is 62.6 Å². The molecule has 0 unspecified atom stereocenters. The summed E-state index contributed by atoms with van der Waals surface area (Å²) < 4.78 is 8.75. The normalized spacial score (nSPS) is 15.3. The average molecular weight is 524 g/mol. The fraction of sp³-hybridized carbons (Fsp3) is 0.281. The molecule has 6 heteroatoms. The maximum atomic E-state index is 6.46. The first-order valence-corrected chi connectivity index (χ1v) is 14.6. The van der Waals surface area contributed by atoms with Gasteiger partial charge in [0, 0.05) is 50.2 Å². The zero-order chi connectivity index (χ0) is 26.1. The van der Waals surface area contributed by atoms with Gasteiger partial charge >= 0.3 is 0 Å². The Bertz CT molecular complexity index is 1610. The Morgan fingerprint density at radius 2 is 1.66 bits per heavy atom. The fourth-order valence-electron chi connectivity index (χ4n) is 5.41. The van der Waals surface area contributed by atoms with Gasteiger partial charge in [0.1, 0.15) is 12.6 Å². The number of benzene rings is 3. The minimum absolute atomic E-state index is 0.881. The van der Waals surface area contributed by atoms with Crippen LogP contribution in [0.3, 0.4) is 0 Å². The van der Waals surface area contributed by atoms with E-state index in [0.29, 0.717) is 0 Å². The van der Waals surface area contributed by atoms with Crippen molar-refractivity contribution in [3.05, 3.63) is 77.9 Å². The van der Waals surface area contributed by atoms with Gasteiger partial charge in [-0.1, -0.05) is 42.5 Å². The Morgan fingerprint density at radius 1 is 0.921 bits per heavy atom. The van der Waals surface area contributed by atoms with Crippen molar-refractivity contribution in [3.8, 4) is 0 Å². The molecule has 0 bridgehead atoms. The standard InChI is InChI=1S/C32H34N4OS/c1-34-18-20-36(21-19-34)17-16-33-30-26-15-12-24(9-8-23-10-13-25(38-3)14-11-23)22-28(26)35(2)31-27-6-4-5-7-29(27)37-32(30)31/h4-15,22H,16-21H2,1-3H3/p+1/b9-8+. The van der Waals surface area contributed by atoms with Crippen molar-refractivity contribution in [2.75, 3.05) is 57.9 Å². The molecule has 2 aromatic heterocycles. The molecule has 0 amide bonds. The average Bonchev–Trinajstić information content (AvgIpc) is 3.35. The minimum Gasteiger partial charge on any atom is -0.447 e. The van der Waals surface area contributed by atoms with E-state index in [1.165, 1.54) is 26.9 Å². The van der Waals surface area contributed by atoms with Crippen LogP contribution in [0, 0.1) is 0 Å². The first-order chi connectivity index (χ1) is 18.6. The number of piperazine rings is 1. The van der Waals surface area contributed by atoms with Crippen LogP contribution in [-0.2, 0) is 7.05 Å². The van der Waals surface area contributed by atoms with Crippen molar-refractivity contribution in [1.82, 2.24) is 9.80 Å². The van der Waals surface area contributed by atoms with Crippen LogP contribution in [0.5, 0.6) is 0 Å². The van der Waals surface area contributed by atoms with Crippen molar-refractivity contribution in [2.45, 2.75) is 4.90 Å². The van der Waals surface area contributed by atoms with E-state index in [1.54, 1.807) is 11.8 Å². The molecule has 0 atom stereocenters. The summed E-state index contributed by atoms with van der Waals surface area (Å²) in [6, 6.07) is 23.8. The number of aromatic nitrogens is 1. The van der Waals surface area contributed by atoms with Crippen molar-refractivity contribution in [1.29, 1.82) is 0 Å². The fourth-order valence-corrected chi connectivity index (χ4v) is 5.82. The number of likely N-dealkylation sites (N-methyl/N-ethyl adjacent to an activating group) is 1. The minimum atomic E-state index is 0.881. The lowest BCUT2D eigenvalue weighted by Crippen LogP contribution is -2.45. The van der Waals surface area contributed by atoms with Gasteiger partial charge in [-0.2, -0.15) is 4.57 Å². The number of nitrogens with zero attached hydrogens (tertiary/aromatic N) is 3. The third-order valence-corrected chi connectivity index (χ3v) is 8.44. The third kappa shape index (κ3) is 4.92. The van der Waals surface area contributed by atoms with E-state index in [4.69, 9.17) is 4.42 Å². The van der Waals surface area contributed by atoms with E-state index in [-0.39, 0.29) is 0 Å². The molecule has 1 aliphatic rings. The number of anilines is 1. The molecule has 6 rings (SSSR count). The quantitative estimate of drug-likeness (QED) is 0.158. The summed E-state index contributed by atoms with van der Waals surface area (Å²) in [4.78, 5) is 6.23. The third-order valence-electron chi connectivity index (χ3n) is 7.69. The number of para-hydroxylation sites is 1. The first kappa shape index (κ1) is 25.0. The lowest BCUT2D eigenvalue weighted by Gasteiger charge is -2.32. The molecule has 5 aromatic rings. The summed E-state index contributed by atoms with van der Waals surface area (Å²) in [6.07, 6.45) is 6.49. The van der Waals surface area contributed by atoms with Gasteiger partial charge in [-0.15, -0.1) is 11.8 Å². The van der Waals surface area contributed by atoms with Crippen LogP contribution < -0.4 is 9.88 Å². The van der Waals surface area contributed by atoms with Crippen LogP contribution in [0.1, 0.15) is 11.1 Å². The molecular formula is C32H35N4OS+. The van der Waals surface area contributed by atoms with Gasteiger partial charge in [0.2, 0.25) is 11.1 Å². The van der Waals surface area contributed by atoms with Crippen LogP contribution in [0.15, 0.2) is 76.0 Å². The zero-order valence-corrected chi connectivity index (χ0v) is 23.2. The van der Waals surface area contributed by atoms with E-state index in [2.05, 4.69) is 113 Å². The lowest BCUT2D eigenvalue weighted by molar-refractivity contribution is -0.616. The van der Waals surface area contributed by atoms with Gasteiger partial charge in [-0.3, -0.25) is 4.90 Å². The topological polar surface area (TPSA) is 35.5 Å². The highest BCUT2D eigenvalue weighted by Crippen LogP contribution is 2.36. The second kappa shape index (κ2) is 10.8. The molecule has 0 aliphatic carbocycles. The molecule has 1 fully saturated rings. The number of thioether (sulfide) groups is 1. The lowest BCUT2D eigenvalue weighted by atomic mass is 10.1. The number of nitrogens with one attached hydrogen (secondary N) is 1. The van der Waals surface area contributed by atoms with Crippen molar-refractivity contribution < 1.29 is 8.98 Å². The summed E-state index contributed by atoms with van der Waals surface area (Å²) in [5.41, 5.74) is 7.63. The van der Waals surface area contributed by atoms with Crippen LogP contribution >= 0.6 is 11.8 Å². The highest BCUT2D eigenvalue weighted by atomic mass is 32.2. The maximum Gasteiger partial charge on any atom is 0.261 e. The second-order valence-corrected chi connectivity index (χ2v) is 11.0. The summed E-state index contributed by atoms with van der Waals surface area (Å²) in [7, 11) is 4.35. The smallest absolute Gasteiger partial charge is 0.261 e. The zero-order valence-electron chi connectivity index (χ0n) is 22.4. The van der Waals surface area contributed by atoms with Gasteiger partial charge < -0.3 is 14.6 Å². The Kier molecular flexibility index (Phi) is 7.11. The molecular weight excluding hydrogens is 488 g/mol. The first-order valence-electron chi connectivity index (χ1n) is 13.3. The van der Waals surface area contributed by atoms with Crippen LogP contribution in [-0.4, -0.2) is 62.4 Å².